The number of aliphatic hydroxyl groups excluding tert-OH is 1. The predicted molar refractivity (Wildman–Crippen MR) is 129 cm³/mol. The van der Waals surface area contributed by atoms with Crippen LogP contribution in [0.1, 0.15) is 71.3 Å². The van der Waals surface area contributed by atoms with Crippen LogP contribution in [-0.2, 0) is 25.7 Å². The number of carbonyl (C=O) groups is 3. The zero-order valence-corrected chi connectivity index (χ0v) is 21.3. The lowest BCUT2D eigenvalue weighted by molar-refractivity contribution is -0.157. The summed E-state index contributed by atoms with van der Waals surface area (Å²) in [4.78, 5) is 41.1. The average molecular weight is 505 g/mol. The lowest BCUT2D eigenvalue weighted by Gasteiger charge is -2.53. The number of hydrogen-bond donors (Lipinski definition) is 2. The van der Waals surface area contributed by atoms with Gasteiger partial charge in [0.15, 0.2) is 0 Å². The number of benzene rings is 1. The minimum Gasteiger partial charge on any atom is -0.459 e. The Morgan fingerprint density at radius 1 is 1.11 bits per heavy atom. The number of nitrogens with zero attached hydrogens (tertiary/aromatic N) is 1. The fourth-order valence-corrected chi connectivity index (χ4v) is 5.78. The van der Waals surface area contributed by atoms with Crippen LogP contribution in [-0.4, -0.2) is 64.0 Å². The molecule has 4 fully saturated rings. The Kier molecular flexibility index (Phi) is 7.33. The Morgan fingerprint density at radius 3 is 2.31 bits per heavy atom. The highest BCUT2D eigenvalue weighted by atomic mass is 19.1. The first-order valence-corrected chi connectivity index (χ1v) is 12.8. The number of β-amino-alcohol motifs (C(OH)–C–C–N with tert-alkyl or cyclic N) is 1. The molecule has 2 amide bonds. The molecule has 2 N–H and O–H groups in total. The topological polar surface area (TPSA) is 105 Å². The lowest BCUT2D eigenvalue weighted by Crippen LogP contribution is -2.62. The maximum absolute atomic E-state index is 14.9. The van der Waals surface area contributed by atoms with Crippen molar-refractivity contribution in [2.75, 3.05) is 6.54 Å². The van der Waals surface area contributed by atoms with E-state index in [-0.39, 0.29) is 19.6 Å². The van der Waals surface area contributed by atoms with Crippen molar-refractivity contribution >= 4 is 18.0 Å². The Morgan fingerprint density at radius 2 is 1.72 bits per heavy atom. The van der Waals surface area contributed by atoms with Crippen molar-refractivity contribution in [2.45, 2.75) is 102 Å². The molecule has 1 aromatic carbocycles. The number of likely N-dealkylation sites (tertiary alicyclic amines) is 1. The molecule has 3 aliphatic carbocycles. The van der Waals surface area contributed by atoms with Crippen molar-refractivity contribution < 1.29 is 33.4 Å². The van der Waals surface area contributed by atoms with Gasteiger partial charge in [-0.25, -0.2) is 14.0 Å². The molecule has 0 aromatic heterocycles. The molecule has 198 valence electrons. The predicted octanol–water partition coefficient (Wildman–Crippen LogP) is 3.65. The molecule has 3 saturated carbocycles. The van der Waals surface area contributed by atoms with Crippen LogP contribution >= 0.6 is 0 Å². The van der Waals surface area contributed by atoms with Gasteiger partial charge in [0.2, 0.25) is 5.91 Å². The molecule has 36 heavy (non-hydrogen) atoms. The highest BCUT2D eigenvalue weighted by Gasteiger charge is 2.57. The van der Waals surface area contributed by atoms with E-state index in [9.17, 15) is 23.9 Å². The normalized spacial score (nSPS) is 30.5. The largest absolute Gasteiger partial charge is 0.459 e. The van der Waals surface area contributed by atoms with Gasteiger partial charge in [0.05, 0.1) is 6.10 Å². The van der Waals surface area contributed by atoms with E-state index in [1.54, 1.807) is 20.8 Å². The zero-order chi connectivity index (χ0) is 26.1. The summed E-state index contributed by atoms with van der Waals surface area (Å²) in [6.45, 7) is 5.21. The Balaban J connectivity index is 1.54. The number of alkyl carbamates (subject to hydrolysis) is 1. The molecule has 2 bridgehead atoms. The molecule has 1 heterocycles. The van der Waals surface area contributed by atoms with Gasteiger partial charge in [-0.1, -0.05) is 30.3 Å². The second kappa shape index (κ2) is 10.00. The van der Waals surface area contributed by atoms with Crippen LogP contribution in [0, 0.1) is 5.41 Å². The molecule has 5 rings (SSSR count). The third kappa shape index (κ3) is 5.82. The maximum Gasteiger partial charge on any atom is 0.408 e. The number of rotatable bonds is 6. The van der Waals surface area contributed by atoms with Gasteiger partial charge in [-0.05, 0) is 64.9 Å². The molecule has 0 spiro atoms. The van der Waals surface area contributed by atoms with E-state index in [1.807, 2.05) is 30.3 Å². The van der Waals surface area contributed by atoms with Crippen LogP contribution in [0.2, 0.25) is 0 Å². The molecular formula is C27H37FN2O6. The number of ether oxygens (including phenoxy) is 2. The quantitative estimate of drug-likeness (QED) is 0.573. The smallest absolute Gasteiger partial charge is 0.408 e. The molecule has 4 aliphatic rings. The maximum atomic E-state index is 14.9. The lowest BCUT2D eigenvalue weighted by atomic mass is 9.56. The molecule has 0 unspecified atom stereocenters. The second-order valence-corrected chi connectivity index (χ2v) is 11.6. The zero-order valence-electron chi connectivity index (χ0n) is 21.3. The number of carbonyl (C=O) groups excluding carboxylic acids is 3. The van der Waals surface area contributed by atoms with Crippen LogP contribution in [0.15, 0.2) is 30.3 Å². The van der Waals surface area contributed by atoms with Gasteiger partial charge < -0.3 is 24.8 Å². The molecule has 8 nitrogen and oxygen atoms in total. The number of aliphatic hydroxyl groups is 1. The van der Waals surface area contributed by atoms with Gasteiger partial charge in [-0.3, -0.25) is 4.79 Å². The van der Waals surface area contributed by atoms with Crippen LogP contribution < -0.4 is 5.32 Å². The first-order valence-electron chi connectivity index (χ1n) is 12.8. The summed E-state index contributed by atoms with van der Waals surface area (Å²) in [6, 6.07) is 7.23. The molecule has 1 saturated heterocycles. The fraction of sp³-hybridized carbons (Fsp3) is 0.667. The number of amides is 2. The summed E-state index contributed by atoms with van der Waals surface area (Å²) in [5.74, 6) is -1.07. The molecule has 1 aliphatic heterocycles. The Hall–Kier alpha value is -2.68. The van der Waals surface area contributed by atoms with Crippen LogP contribution in [0.4, 0.5) is 9.18 Å². The van der Waals surface area contributed by atoms with Crippen LogP contribution in [0.3, 0.4) is 0 Å². The van der Waals surface area contributed by atoms with Crippen molar-refractivity contribution in [3.05, 3.63) is 35.9 Å². The van der Waals surface area contributed by atoms with Gasteiger partial charge in [0.25, 0.3) is 0 Å². The minimum absolute atomic E-state index is 0.0421. The number of halogens is 1. The van der Waals surface area contributed by atoms with Crippen LogP contribution in [0.25, 0.3) is 0 Å². The highest BCUT2D eigenvalue weighted by Crippen LogP contribution is 2.56. The second-order valence-electron chi connectivity index (χ2n) is 11.6. The third-order valence-electron chi connectivity index (χ3n) is 7.79. The van der Waals surface area contributed by atoms with Crippen LogP contribution in [0.5, 0.6) is 0 Å². The number of alkyl halides is 1. The molecular weight excluding hydrogens is 467 g/mol. The third-order valence-corrected chi connectivity index (χ3v) is 7.79. The van der Waals surface area contributed by atoms with Crippen molar-refractivity contribution in [3.63, 3.8) is 0 Å². The van der Waals surface area contributed by atoms with E-state index in [2.05, 4.69) is 5.32 Å². The SMILES string of the molecule is CC(C)(C)OC(=O)N[C@@H](C(=O)N1C[C@H](O)C[C@H]1C(=O)OCc1ccccc1)C12CCC(F)(CC1)CC2. The first kappa shape index (κ1) is 26.4. The molecule has 0 radical (unpaired) electrons. The van der Waals surface area contributed by atoms with Gasteiger partial charge in [-0.15, -0.1) is 0 Å². The Labute approximate surface area is 211 Å². The van der Waals surface area contributed by atoms with E-state index in [4.69, 9.17) is 9.47 Å². The average Bonchev–Trinajstić information content (AvgIpc) is 3.23. The summed E-state index contributed by atoms with van der Waals surface area (Å²) in [5.41, 5.74) is -1.80. The number of esters is 1. The Bertz CT molecular complexity index is 954. The van der Waals surface area contributed by atoms with Crippen molar-refractivity contribution in [1.82, 2.24) is 10.2 Å². The number of hydrogen-bond acceptors (Lipinski definition) is 6. The number of fused-ring (bicyclic) bond motifs is 3. The van der Waals surface area contributed by atoms with E-state index >= 15 is 0 Å². The minimum atomic E-state index is -1.21. The highest BCUT2D eigenvalue weighted by molar-refractivity contribution is 5.91. The summed E-state index contributed by atoms with van der Waals surface area (Å²) in [5, 5.41) is 13.2. The van der Waals surface area contributed by atoms with Gasteiger partial charge >= 0.3 is 12.1 Å². The fourth-order valence-electron chi connectivity index (χ4n) is 5.78. The standard InChI is InChI=1S/C27H37FN2O6/c1-25(2,3)36-24(34)29-21(26-9-12-27(28,13-10-26)14-11-26)22(32)30-16-19(31)15-20(30)23(33)35-17-18-7-5-4-6-8-18/h4-8,19-21,31H,9-17H2,1-3H3,(H,29,34)/t19-,20+,21+,26?,27?/m1/s1. The molecule has 1 aromatic rings. The van der Waals surface area contributed by atoms with E-state index in [0.29, 0.717) is 38.5 Å². The van der Waals surface area contributed by atoms with E-state index < -0.39 is 52.8 Å². The molecule has 9 heteroatoms. The summed E-state index contributed by atoms with van der Waals surface area (Å²) >= 11 is 0. The summed E-state index contributed by atoms with van der Waals surface area (Å²) < 4.78 is 25.8. The number of nitrogens with one attached hydrogen (secondary N) is 1. The summed E-state index contributed by atoms with van der Waals surface area (Å²) in [6.07, 6.45) is 0.784. The van der Waals surface area contributed by atoms with E-state index in [0.717, 1.165) is 5.56 Å². The van der Waals surface area contributed by atoms with Crippen molar-refractivity contribution in [2.24, 2.45) is 5.41 Å². The first-order chi connectivity index (χ1) is 16.9. The molecule has 3 atom stereocenters. The van der Waals surface area contributed by atoms with Crippen molar-refractivity contribution in [3.8, 4) is 0 Å². The van der Waals surface area contributed by atoms with Gasteiger partial charge in [0, 0.05) is 18.4 Å². The van der Waals surface area contributed by atoms with Crippen molar-refractivity contribution in [1.29, 1.82) is 0 Å². The van der Waals surface area contributed by atoms with E-state index in [1.165, 1.54) is 4.90 Å². The summed E-state index contributed by atoms with van der Waals surface area (Å²) in [7, 11) is 0. The monoisotopic (exact) mass is 504 g/mol. The van der Waals surface area contributed by atoms with Gasteiger partial charge in [-0.2, -0.15) is 0 Å². The van der Waals surface area contributed by atoms with Gasteiger partial charge in [0.1, 0.15) is 30.0 Å².